The highest BCUT2D eigenvalue weighted by molar-refractivity contribution is 8.00. The highest BCUT2D eigenvalue weighted by Crippen LogP contribution is 2.47. The summed E-state index contributed by atoms with van der Waals surface area (Å²) >= 11 is 2.81. The standard InChI is InChI=1S/C30H32N2O7S2/c1-36-18-29(40-3)19-38-28-30(37-2,31-23(33)17-22-15-10-16-41-22)27(35)32(28)25(29)26(34)39-24(20-11-6-4-7-12-20)21-13-8-5-9-14-21/h4-16,24-25,28H,17-19H2,1-3H3,(H,31,33)/t25-,28+,29+,30-/m0/s1. The minimum atomic E-state index is -1.76. The molecule has 2 saturated heterocycles. The van der Waals surface area contributed by atoms with E-state index in [9.17, 15) is 14.4 Å². The zero-order chi connectivity index (χ0) is 29.0. The second-order valence-electron chi connectivity index (χ2n) is 9.86. The van der Waals surface area contributed by atoms with Crippen LogP contribution in [0.1, 0.15) is 22.1 Å². The van der Waals surface area contributed by atoms with Gasteiger partial charge in [-0.25, -0.2) is 4.79 Å². The molecule has 11 heteroatoms. The number of fused-ring (bicyclic) bond motifs is 1. The molecule has 2 aliphatic rings. The van der Waals surface area contributed by atoms with Gasteiger partial charge < -0.3 is 24.3 Å². The van der Waals surface area contributed by atoms with Crippen molar-refractivity contribution in [3.8, 4) is 0 Å². The van der Waals surface area contributed by atoms with Crippen molar-refractivity contribution in [3.63, 3.8) is 0 Å². The van der Waals surface area contributed by atoms with Gasteiger partial charge in [-0.05, 0) is 28.8 Å². The number of nitrogens with one attached hydrogen (secondary N) is 1. The fraction of sp³-hybridized carbons (Fsp3) is 0.367. The summed E-state index contributed by atoms with van der Waals surface area (Å²) < 4.78 is 22.6. The minimum Gasteiger partial charge on any atom is -0.451 e. The minimum absolute atomic E-state index is 0.0590. The number of nitrogens with zero attached hydrogens (tertiary/aromatic N) is 1. The maximum atomic E-state index is 14.2. The molecule has 0 radical (unpaired) electrons. The summed E-state index contributed by atoms with van der Waals surface area (Å²) in [5.74, 6) is -1.58. The number of methoxy groups -OCH3 is 2. The van der Waals surface area contributed by atoms with Crippen LogP contribution < -0.4 is 5.32 Å². The molecule has 5 rings (SSSR count). The third-order valence-corrected chi connectivity index (χ3v) is 9.58. The molecule has 3 heterocycles. The number of hydrogen-bond acceptors (Lipinski definition) is 9. The summed E-state index contributed by atoms with van der Waals surface area (Å²) in [6.45, 7) is 0.181. The van der Waals surface area contributed by atoms with Gasteiger partial charge in [0.1, 0.15) is 0 Å². The van der Waals surface area contributed by atoms with Gasteiger partial charge in [0.25, 0.3) is 11.6 Å². The quantitative estimate of drug-likeness (QED) is 0.204. The number of carbonyl (C=O) groups excluding carboxylic acids is 3. The highest BCUT2D eigenvalue weighted by atomic mass is 32.2. The Kier molecular flexibility index (Phi) is 8.81. The van der Waals surface area contributed by atoms with Crippen LogP contribution in [0.3, 0.4) is 0 Å². The lowest BCUT2D eigenvalue weighted by Gasteiger charge is -2.61. The molecule has 1 aromatic heterocycles. The number of esters is 1. The molecule has 2 aliphatic heterocycles. The molecule has 4 atom stereocenters. The molecule has 9 nitrogen and oxygen atoms in total. The van der Waals surface area contributed by atoms with Gasteiger partial charge in [0.2, 0.25) is 5.91 Å². The van der Waals surface area contributed by atoms with Gasteiger partial charge in [-0.2, -0.15) is 11.8 Å². The van der Waals surface area contributed by atoms with Gasteiger partial charge in [0.15, 0.2) is 18.4 Å². The molecular formula is C30H32N2O7S2. The fourth-order valence-corrected chi connectivity index (χ4v) is 6.96. The number of hydrogen-bond donors (Lipinski definition) is 1. The second-order valence-corrected chi connectivity index (χ2v) is 12.1. The lowest BCUT2D eigenvalue weighted by molar-refractivity contribution is -0.290. The van der Waals surface area contributed by atoms with Gasteiger partial charge >= 0.3 is 5.97 Å². The average molecular weight is 597 g/mol. The van der Waals surface area contributed by atoms with Gasteiger partial charge in [-0.3, -0.25) is 14.5 Å². The van der Waals surface area contributed by atoms with Crippen molar-refractivity contribution in [2.24, 2.45) is 0 Å². The zero-order valence-electron chi connectivity index (χ0n) is 23.0. The Balaban J connectivity index is 1.46. The molecule has 3 aromatic rings. The number of rotatable bonds is 11. The van der Waals surface area contributed by atoms with Gasteiger partial charge in [0, 0.05) is 19.1 Å². The van der Waals surface area contributed by atoms with Crippen LogP contribution in [0.25, 0.3) is 0 Å². The van der Waals surface area contributed by atoms with E-state index in [1.165, 1.54) is 42.2 Å². The Bertz CT molecular complexity index is 1320. The maximum absolute atomic E-state index is 14.2. The first-order valence-corrected chi connectivity index (χ1v) is 15.2. The monoisotopic (exact) mass is 596 g/mol. The van der Waals surface area contributed by atoms with E-state index in [1.807, 2.05) is 84.4 Å². The summed E-state index contributed by atoms with van der Waals surface area (Å²) in [6.07, 6.45) is 0.185. The topological polar surface area (TPSA) is 103 Å². The molecule has 0 unspecified atom stereocenters. The number of amides is 2. The van der Waals surface area contributed by atoms with E-state index in [0.717, 1.165) is 16.0 Å². The van der Waals surface area contributed by atoms with E-state index in [0.29, 0.717) is 0 Å². The van der Waals surface area contributed by atoms with Crippen molar-refractivity contribution in [1.82, 2.24) is 10.2 Å². The van der Waals surface area contributed by atoms with Crippen molar-refractivity contribution in [3.05, 3.63) is 94.2 Å². The lowest BCUT2D eigenvalue weighted by atomic mass is 9.86. The smallest absolute Gasteiger partial charge is 0.331 e. The molecule has 0 aliphatic carbocycles. The molecule has 2 amide bonds. The molecule has 1 N–H and O–H groups in total. The van der Waals surface area contributed by atoms with E-state index in [-0.39, 0.29) is 19.6 Å². The van der Waals surface area contributed by atoms with Crippen LogP contribution in [0.4, 0.5) is 0 Å². The largest absolute Gasteiger partial charge is 0.451 e. The first-order valence-electron chi connectivity index (χ1n) is 13.1. The average Bonchev–Trinajstić information content (AvgIpc) is 3.52. The van der Waals surface area contributed by atoms with Crippen LogP contribution in [-0.2, 0) is 39.8 Å². The van der Waals surface area contributed by atoms with Crippen molar-refractivity contribution >= 4 is 40.9 Å². The second kappa shape index (κ2) is 12.3. The molecule has 0 spiro atoms. The van der Waals surface area contributed by atoms with Crippen molar-refractivity contribution < 1.29 is 33.3 Å². The summed E-state index contributed by atoms with van der Waals surface area (Å²) in [7, 11) is 2.87. The van der Waals surface area contributed by atoms with E-state index in [1.54, 1.807) is 0 Å². The predicted octanol–water partition coefficient (Wildman–Crippen LogP) is 3.40. The van der Waals surface area contributed by atoms with Crippen LogP contribution >= 0.6 is 23.1 Å². The highest BCUT2D eigenvalue weighted by Gasteiger charge is 2.72. The van der Waals surface area contributed by atoms with Crippen LogP contribution in [0.15, 0.2) is 78.2 Å². The molecule has 2 fully saturated rings. The predicted molar refractivity (Wildman–Crippen MR) is 155 cm³/mol. The number of thioether (sulfide) groups is 1. The Labute approximate surface area is 247 Å². The van der Waals surface area contributed by atoms with Crippen molar-refractivity contribution in [2.75, 3.05) is 33.7 Å². The number of carbonyl (C=O) groups is 3. The Morgan fingerprint density at radius 3 is 2.27 bits per heavy atom. The van der Waals surface area contributed by atoms with Crippen molar-refractivity contribution in [1.29, 1.82) is 0 Å². The number of β-lactam (4-membered cyclic amide) rings is 1. The lowest BCUT2D eigenvalue weighted by Crippen LogP contribution is -2.88. The van der Waals surface area contributed by atoms with E-state index in [2.05, 4.69) is 5.32 Å². The molecule has 41 heavy (non-hydrogen) atoms. The van der Waals surface area contributed by atoms with E-state index < -0.39 is 46.6 Å². The zero-order valence-corrected chi connectivity index (χ0v) is 24.6. The van der Waals surface area contributed by atoms with Crippen molar-refractivity contribution in [2.45, 2.75) is 35.3 Å². The first-order chi connectivity index (χ1) is 19.9. The van der Waals surface area contributed by atoms with Crippen LogP contribution in [0.5, 0.6) is 0 Å². The molecule has 216 valence electrons. The third kappa shape index (κ3) is 5.40. The SMILES string of the molecule is COC[C@@]1(SC)CO[C@H]2N(C(=O)[C@]2(NC(=O)Cc2cccs2)OC)[C@H]1C(=O)OC(c1ccccc1)c1ccccc1. The first kappa shape index (κ1) is 29.3. The summed E-state index contributed by atoms with van der Waals surface area (Å²) in [4.78, 5) is 43.2. The maximum Gasteiger partial charge on any atom is 0.331 e. The normalized spacial score (nSPS) is 25.4. The summed E-state index contributed by atoms with van der Waals surface area (Å²) in [5, 5.41) is 4.61. The van der Waals surface area contributed by atoms with Crippen LogP contribution in [0.2, 0.25) is 0 Å². The van der Waals surface area contributed by atoms with Crippen LogP contribution in [0, 0.1) is 0 Å². The molecular weight excluding hydrogens is 564 g/mol. The number of benzene rings is 2. The van der Waals surface area contributed by atoms with E-state index in [4.69, 9.17) is 18.9 Å². The van der Waals surface area contributed by atoms with E-state index >= 15 is 0 Å². The number of ether oxygens (including phenoxy) is 4. The Morgan fingerprint density at radius 2 is 1.73 bits per heavy atom. The fourth-order valence-electron chi connectivity index (χ4n) is 5.40. The van der Waals surface area contributed by atoms with Gasteiger partial charge in [-0.1, -0.05) is 66.7 Å². The van der Waals surface area contributed by atoms with Gasteiger partial charge in [-0.15, -0.1) is 11.3 Å². The Hall–Kier alpha value is -3.22. The Morgan fingerprint density at radius 1 is 1.07 bits per heavy atom. The summed E-state index contributed by atoms with van der Waals surface area (Å²) in [6, 6.07) is 21.5. The molecule has 0 saturated carbocycles. The number of thiophene rings is 1. The molecule has 0 bridgehead atoms. The molecule has 2 aromatic carbocycles. The van der Waals surface area contributed by atoms with Gasteiger partial charge in [0.05, 0.1) is 24.4 Å². The summed E-state index contributed by atoms with van der Waals surface area (Å²) in [5.41, 5.74) is -0.179. The van der Waals surface area contributed by atoms with Crippen LogP contribution in [-0.4, -0.2) is 79.1 Å². The third-order valence-electron chi connectivity index (χ3n) is 7.43.